The van der Waals surface area contributed by atoms with Gasteiger partial charge in [0.1, 0.15) is 0 Å². The molecule has 0 aliphatic carbocycles. The van der Waals surface area contributed by atoms with Crippen LogP contribution in [0.1, 0.15) is 44.4 Å². The van der Waals surface area contributed by atoms with Crippen molar-refractivity contribution in [3.8, 4) is 0 Å². The van der Waals surface area contributed by atoms with Crippen LogP contribution in [0.5, 0.6) is 0 Å². The summed E-state index contributed by atoms with van der Waals surface area (Å²) in [5.74, 6) is -0.142. The minimum Gasteiger partial charge on any atom is -0.346 e. The Bertz CT molecular complexity index is 806. The molecule has 0 aliphatic rings. The summed E-state index contributed by atoms with van der Waals surface area (Å²) >= 11 is 3.38. The van der Waals surface area contributed by atoms with E-state index in [4.69, 9.17) is 0 Å². The molecule has 0 fully saturated rings. The van der Waals surface area contributed by atoms with Crippen molar-refractivity contribution in [2.75, 3.05) is 18.4 Å². The molecule has 29 heavy (non-hydrogen) atoms. The van der Waals surface area contributed by atoms with E-state index in [1.54, 1.807) is 6.07 Å². The predicted molar refractivity (Wildman–Crippen MR) is 122 cm³/mol. The van der Waals surface area contributed by atoms with E-state index in [2.05, 4.69) is 76.9 Å². The SMILES string of the molecule is CCCc1ccc([C@H](NCC(=O)NCC(=O)Nc2ccccc2Br)C(C)C)cc1. The number of halogens is 1. The van der Waals surface area contributed by atoms with Crippen LogP contribution >= 0.6 is 15.9 Å². The number of amides is 2. The highest BCUT2D eigenvalue weighted by Crippen LogP contribution is 2.22. The van der Waals surface area contributed by atoms with Crippen molar-refractivity contribution in [1.82, 2.24) is 10.6 Å². The van der Waals surface area contributed by atoms with E-state index in [1.807, 2.05) is 18.2 Å². The first-order valence-electron chi connectivity index (χ1n) is 10.0. The Labute approximate surface area is 181 Å². The number of aryl methyl sites for hydroxylation is 1. The van der Waals surface area contributed by atoms with E-state index < -0.39 is 0 Å². The minimum absolute atomic E-state index is 0.0695. The predicted octanol–water partition coefficient (Wildman–Crippen LogP) is 4.44. The fourth-order valence-corrected chi connectivity index (χ4v) is 3.50. The molecule has 0 aliphatic heterocycles. The summed E-state index contributed by atoms with van der Waals surface area (Å²) in [5.41, 5.74) is 3.17. The quantitative estimate of drug-likeness (QED) is 0.491. The monoisotopic (exact) mass is 459 g/mol. The zero-order valence-corrected chi connectivity index (χ0v) is 18.9. The van der Waals surface area contributed by atoms with Gasteiger partial charge in [-0.25, -0.2) is 0 Å². The highest BCUT2D eigenvalue weighted by molar-refractivity contribution is 9.10. The van der Waals surface area contributed by atoms with Gasteiger partial charge in [0.15, 0.2) is 0 Å². The normalized spacial score (nSPS) is 11.9. The highest BCUT2D eigenvalue weighted by atomic mass is 79.9. The number of nitrogens with one attached hydrogen (secondary N) is 3. The molecule has 2 aromatic carbocycles. The molecule has 0 aromatic heterocycles. The first kappa shape index (κ1) is 23.1. The van der Waals surface area contributed by atoms with Crippen LogP contribution in [-0.4, -0.2) is 24.9 Å². The van der Waals surface area contributed by atoms with E-state index in [0.717, 1.165) is 17.3 Å². The Morgan fingerprint density at radius 1 is 0.966 bits per heavy atom. The van der Waals surface area contributed by atoms with E-state index in [9.17, 15) is 9.59 Å². The van der Waals surface area contributed by atoms with Crippen molar-refractivity contribution in [3.05, 3.63) is 64.1 Å². The van der Waals surface area contributed by atoms with Crippen LogP contribution in [0.4, 0.5) is 5.69 Å². The molecule has 0 heterocycles. The number of anilines is 1. The van der Waals surface area contributed by atoms with Crippen LogP contribution < -0.4 is 16.0 Å². The summed E-state index contributed by atoms with van der Waals surface area (Å²) in [4.78, 5) is 24.3. The zero-order valence-electron chi connectivity index (χ0n) is 17.3. The molecule has 5 nitrogen and oxygen atoms in total. The fourth-order valence-electron chi connectivity index (χ4n) is 3.12. The minimum atomic E-state index is -0.267. The number of benzene rings is 2. The van der Waals surface area contributed by atoms with Gasteiger partial charge in [-0.1, -0.05) is 63.6 Å². The van der Waals surface area contributed by atoms with Crippen molar-refractivity contribution in [1.29, 1.82) is 0 Å². The molecular formula is C23H30BrN3O2. The topological polar surface area (TPSA) is 70.2 Å². The number of hydrogen-bond acceptors (Lipinski definition) is 3. The molecule has 2 rings (SSSR count). The first-order valence-corrected chi connectivity index (χ1v) is 10.8. The lowest BCUT2D eigenvalue weighted by Crippen LogP contribution is -2.40. The second-order valence-electron chi connectivity index (χ2n) is 7.40. The largest absolute Gasteiger partial charge is 0.346 e. The molecule has 156 valence electrons. The summed E-state index contributed by atoms with van der Waals surface area (Å²) in [5, 5.41) is 8.75. The van der Waals surface area contributed by atoms with Crippen LogP contribution in [0.25, 0.3) is 0 Å². The van der Waals surface area contributed by atoms with E-state index in [1.165, 1.54) is 11.1 Å². The van der Waals surface area contributed by atoms with Gasteiger partial charge in [0.05, 0.1) is 18.8 Å². The number of rotatable bonds is 10. The van der Waals surface area contributed by atoms with Gasteiger partial charge in [-0.05, 0) is 51.5 Å². The molecule has 0 spiro atoms. The summed E-state index contributed by atoms with van der Waals surface area (Å²) in [6.45, 7) is 6.51. The Balaban J connectivity index is 1.82. The van der Waals surface area contributed by atoms with E-state index in [0.29, 0.717) is 11.6 Å². The second kappa shape index (κ2) is 11.7. The lowest BCUT2D eigenvalue weighted by molar-refractivity contribution is -0.123. The average Bonchev–Trinajstić information content (AvgIpc) is 2.69. The van der Waals surface area contributed by atoms with Gasteiger partial charge < -0.3 is 16.0 Å². The molecule has 0 unspecified atom stereocenters. The Morgan fingerprint density at radius 2 is 1.66 bits per heavy atom. The molecule has 2 aromatic rings. The van der Waals surface area contributed by atoms with Gasteiger partial charge >= 0.3 is 0 Å². The molecule has 1 atom stereocenters. The van der Waals surface area contributed by atoms with Crippen LogP contribution in [0.15, 0.2) is 53.0 Å². The lowest BCUT2D eigenvalue weighted by atomic mass is 9.94. The third-order valence-corrected chi connectivity index (χ3v) is 5.31. The van der Waals surface area contributed by atoms with Crippen molar-refractivity contribution in [3.63, 3.8) is 0 Å². The standard InChI is InChI=1S/C23H30BrN3O2/c1-4-7-17-10-12-18(13-11-17)23(16(2)3)26-14-21(28)25-15-22(29)27-20-9-6-5-8-19(20)24/h5-6,8-13,16,23,26H,4,7,14-15H2,1-3H3,(H,25,28)(H,27,29)/t23-/m1/s1. The molecule has 0 bridgehead atoms. The number of carbonyl (C=O) groups is 2. The van der Waals surface area contributed by atoms with Crippen LogP contribution in [0, 0.1) is 5.92 Å². The van der Waals surface area contributed by atoms with Crippen molar-refractivity contribution in [2.24, 2.45) is 5.92 Å². The van der Waals surface area contributed by atoms with Crippen LogP contribution in [0.2, 0.25) is 0 Å². The Morgan fingerprint density at radius 3 is 2.28 bits per heavy atom. The Kier molecular flexibility index (Phi) is 9.35. The third kappa shape index (κ3) is 7.63. The van der Waals surface area contributed by atoms with Gasteiger partial charge in [0.25, 0.3) is 0 Å². The van der Waals surface area contributed by atoms with Crippen LogP contribution in [0.3, 0.4) is 0 Å². The first-order chi connectivity index (χ1) is 13.9. The number of carbonyl (C=O) groups excluding carboxylic acids is 2. The molecule has 0 saturated carbocycles. The smallest absolute Gasteiger partial charge is 0.243 e. The van der Waals surface area contributed by atoms with Crippen molar-refractivity contribution >= 4 is 33.4 Å². The molecule has 3 N–H and O–H groups in total. The van der Waals surface area contributed by atoms with Crippen LogP contribution in [-0.2, 0) is 16.0 Å². The highest BCUT2D eigenvalue weighted by Gasteiger charge is 2.17. The molecule has 0 saturated heterocycles. The van der Waals surface area contributed by atoms with Gasteiger partial charge in [0, 0.05) is 10.5 Å². The average molecular weight is 460 g/mol. The zero-order chi connectivity index (χ0) is 21.2. The van der Waals surface area contributed by atoms with Gasteiger partial charge in [-0.3, -0.25) is 9.59 Å². The van der Waals surface area contributed by atoms with Gasteiger partial charge in [-0.2, -0.15) is 0 Å². The summed E-state index contributed by atoms with van der Waals surface area (Å²) < 4.78 is 0.797. The summed E-state index contributed by atoms with van der Waals surface area (Å²) in [6.07, 6.45) is 2.20. The summed E-state index contributed by atoms with van der Waals surface area (Å²) in [7, 11) is 0. The van der Waals surface area contributed by atoms with Gasteiger partial charge in [0.2, 0.25) is 11.8 Å². The second-order valence-corrected chi connectivity index (χ2v) is 8.25. The lowest BCUT2D eigenvalue weighted by Gasteiger charge is -2.23. The fraction of sp³-hybridized carbons (Fsp3) is 0.391. The number of hydrogen-bond donors (Lipinski definition) is 3. The van der Waals surface area contributed by atoms with Crippen molar-refractivity contribution in [2.45, 2.75) is 39.7 Å². The molecule has 0 radical (unpaired) electrons. The molecular weight excluding hydrogens is 430 g/mol. The summed E-state index contributed by atoms with van der Waals surface area (Å²) in [6, 6.07) is 16.0. The third-order valence-electron chi connectivity index (χ3n) is 4.62. The molecule has 6 heteroatoms. The van der Waals surface area contributed by atoms with E-state index in [-0.39, 0.29) is 30.9 Å². The van der Waals surface area contributed by atoms with E-state index >= 15 is 0 Å². The maximum Gasteiger partial charge on any atom is 0.243 e. The van der Waals surface area contributed by atoms with Gasteiger partial charge in [-0.15, -0.1) is 0 Å². The van der Waals surface area contributed by atoms with Crippen molar-refractivity contribution < 1.29 is 9.59 Å². The Hall–Kier alpha value is -2.18. The molecule has 2 amide bonds. The maximum absolute atomic E-state index is 12.2. The number of para-hydroxylation sites is 1. The maximum atomic E-state index is 12.2.